The Morgan fingerprint density at radius 1 is 0.710 bits per heavy atom. The number of aliphatic hydroxyl groups is 3. The zero-order valence-corrected chi connectivity index (χ0v) is 20.4. The first-order chi connectivity index (χ1) is 15.1. The van der Waals surface area contributed by atoms with E-state index in [1.165, 1.54) is 57.8 Å². The minimum absolute atomic E-state index is 0.403. The lowest BCUT2D eigenvalue weighted by molar-refractivity contribution is -0.0183. The number of carbonyl (C=O) groups is 1. The fourth-order valence-corrected chi connectivity index (χ4v) is 3.85. The van der Waals surface area contributed by atoms with Gasteiger partial charge in [0.05, 0.1) is 18.8 Å². The molecule has 5 N–H and O–H groups in total. The molecule has 0 saturated heterocycles. The van der Waals surface area contributed by atoms with Crippen molar-refractivity contribution in [3.63, 3.8) is 0 Å². The van der Waals surface area contributed by atoms with Crippen LogP contribution in [0.15, 0.2) is 0 Å². The highest BCUT2D eigenvalue weighted by atomic mass is 16.3. The Kier molecular flexibility index (Phi) is 21.7. The normalized spacial score (nSPS) is 14.2. The van der Waals surface area contributed by atoms with Crippen LogP contribution in [-0.2, 0) is 0 Å². The lowest BCUT2D eigenvalue weighted by Crippen LogP contribution is -2.53. The fourth-order valence-electron chi connectivity index (χ4n) is 3.85. The molecule has 6 nitrogen and oxygen atoms in total. The van der Waals surface area contributed by atoms with Gasteiger partial charge in [-0.15, -0.1) is 0 Å². The van der Waals surface area contributed by atoms with E-state index in [4.69, 9.17) is 0 Å². The van der Waals surface area contributed by atoms with E-state index in [2.05, 4.69) is 24.5 Å². The molecule has 31 heavy (non-hydrogen) atoms. The van der Waals surface area contributed by atoms with Crippen LogP contribution in [0.1, 0.15) is 123 Å². The average molecular weight is 445 g/mol. The lowest BCUT2D eigenvalue weighted by Gasteiger charge is -2.26. The Balaban J connectivity index is 3.76. The van der Waals surface area contributed by atoms with Gasteiger partial charge < -0.3 is 26.0 Å². The van der Waals surface area contributed by atoms with Gasteiger partial charge in [0.15, 0.2) is 0 Å². The molecule has 0 rings (SSSR count). The molecule has 0 unspecified atom stereocenters. The minimum Gasteiger partial charge on any atom is -0.394 e. The maximum atomic E-state index is 11.9. The maximum absolute atomic E-state index is 11.9. The van der Waals surface area contributed by atoms with Crippen LogP contribution in [-0.4, -0.2) is 52.8 Å². The van der Waals surface area contributed by atoms with Gasteiger partial charge in [-0.3, -0.25) is 0 Å². The Hall–Kier alpha value is -0.850. The van der Waals surface area contributed by atoms with Crippen LogP contribution < -0.4 is 10.6 Å². The van der Waals surface area contributed by atoms with Crippen LogP contribution in [0.4, 0.5) is 4.79 Å². The summed E-state index contributed by atoms with van der Waals surface area (Å²) in [4.78, 5) is 11.9. The van der Waals surface area contributed by atoms with Gasteiger partial charge >= 0.3 is 6.03 Å². The van der Waals surface area contributed by atoms with E-state index in [1.54, 1.807) is 0 Å². The summed E-state index contributed by atoms with van der Waals surface area (Å²) in [7, 11) is 0. The topological polar surface area (TPSA) is 102 Å². The molecule has 0 aromatic rings. The van der Waals surface area contributed by atoms with Gasteiger partial charge in [-0.1, -0.05) is 110 Å². The summed E-state index contributed by atoms with van der Waals surface area (Å²) < 4.78 is 0. The van der Waals surface area contributed by atoms with Crippen LogP contribution >= 0.6 is 0 Å². The Morgan fingerprint density at radius 3 is 1.65 bits per heavy atom. The third-order valence-corrected chi connectivity index (χ3v) is 5.99. The summed E-state index contributed by atoms with van der Waals surface area (Å²) in [6, 6.07) is -1.27. The molecular formula is C25H52N2O4. The van der Waals surface area contributed by atoms with Crippen LogP contribution in [0.25, 0.3) is 0 Å². The van der Waals surface area contributed by atoms with Crippen molar-refractivity contribution in [2.75, 3.05) is 13.2 Å². The monoisotopic (exact) mass is 444 g/mol. The number of hydrogen-bond acceptors (Lipinski definition) is 4. The van der Waals surface area contributed by atoms with E-state index < -0.39 is 30.9 Å². The van der Waals surface area contributed by atoms with E-state index in [0.29, 0.717) is 13.0 Å². The van der Waals surface area contributed by atoms with Crippen molar-refractivity contribution in [2.24, 2.45) is 0 Å². The molecule has 186 valence electrons. The van der Waals surface area contributed by atoms with Crippen molar-refractivity contribution in [1.29, 1.82) is 0 Å². The first kappa shape index (κ1) is 30.1. The number of hydrogen-bond donors (Lipinski definition) is 5. The molecule has 3 atom stereocenters. The number of nitrogens with one attached hydrogen (secondary N) is 2. The molecule has 0 radical (unpaired) electrons. The standard InChI is InChI=1S/C25H52N2O4/c1-3-5-7-9-10-11-12-13-14-15-16-17-19-23(29)24(30)22(21-28)27-25(31)26-20-18-8-6-4-2/h22-24,28-30H,3-21H2,1-2H3,(H2,26,27,31)/t22-,23+,24-/m0/s1. The third-order valence-electron chi connectivity index (χ3n) is 5.99. The fraction of sp³-hybridized carbons (Fsp3) is 0.960. The van der Waals surface area contributed by atoms with Gasteiger partial charge in [0.1, 0.15) is 6.10 Å². The first-order valence-corrected chi connectivity index (χ1v) is 13.1. The third kappa shape index (κ3) is 18.4. The summed E-state index contributed by atoms with van der Waals surface area (Å²) in [6.45, 7) is 4.55. The van der Waals surface area contributed by atoms with E-state index in [9.17, 15) is 20.1 Å². The van der Waals surface area contributed by atoms with Crippen LogP contribution in [0.5, 0.6) is 0 Å². The zero-order valence-electron chi connectivity index (χ0n) is 20.4. The molecule has 0 aliphatic rings. The molecular weight excluding hydrogens is 392 g/mol. The Morgan fingerprint density at radius 2 is 1.16 bits per heavy atom. The Bertz CT molecular complexity index is 396. The second kappa shape index (κ2) is 22.3. The number of carbonyl (C=O) groups excluding carboxylic acids is 1. The smallest absolute Gasteiger partial charge is 0.315 e. The van der Waals surface area contributed by atoms with Crippen LogP contribution in [0.2, 0.25) is 0 Å². The van der Waals surface area contributed by atoms with Crippen molar-refractivity contribution in [1.82, 2.24) is 10.6 Å². The minimum atomic E-state index is -1.16. The Labute approximate surface area is 191 Å². The summed E-state index contributed by atoms with van der Waals surface area (Å²) in [5, 5.41) is 35.3. The van der Waals surface area contributed by atoms with E-state index >= 15 is 0 Å². The van der Waals surface area contributed by atoms with Gasteiger partial charge in [0.25, 0.3) is 0 Å². The largest absolute Gasteiger partial charge is 0.394 e. The molecule has 0 aromatic heterocycles. The van der Waals surface area contributed by atoms with Crippen molar-refractivity contribution in [2.45, 2.75) is 141 Å². The molecule has 2 amide bonds. The molecule has 0 fully saturated rings. The second-order valence-electron chi connectivity index (χ2n) is 8.99. The summed E-state index contributed by atoms with van der Waals surface area (Å²) in [6.07, 6.45) is 17.6. The molecule has 0 spiro atoms. The highest BCUT2D eigenvalue weighted by Crippen LogP contribution is 2.14. The zero-order chi connectivity index (χ0) is 23.2. The SMILES string of the molecule is CCCCCCCCCCCCCC[C@@H](O)[C@@H](O)[C@H](CO)NC(=O)NCCCCCC. The molecule has 0 aliphatic heterocycles. The van der Waals surface area contributed by atoms with Crippen molar-refractivity contribution < 1.29 is 20.1 Å². The molecule has 0 bridgehead atoms. The summed E-state index contributed by atoms with van der Waals surface area (Å²) >= 11 is 0. The number of urea groups is 1. The number of unbranched alkanes of at least 4 members (excludes halogenated alkanes) is 14. The predicted octanol–water partition coefficient (Wildman–Crippen LogP) is 5.04. The van der Waals surface area contributed by atoms with Crippen molar-refractivity contribution in [3.05, 3.63) is 0 Å². The second-order valence-corrected chi connectivity index (χ2v) is 8.99. The molecule has 0 saturated carbocycles. The van der Waals surface area contributed by atoms with Gasteiger partial charge in [-0.05, 0) is 12.8 Å². The van der Waals surface area contributed by atoms with Crippen molar-refractivity contribution >= 4 is 6.03 Å². The molecule has 0 aliphatic carbocycles. The molecule has 0 heterocycles. The first-order valence-electron chi connectivity index (χ1n) is 13.1. The predicted molar refractivity (Wildman–Crippen MR) is 129 cm³/mol. The van der Waals surface area contributed by atoms with Gasteiger partial charge in [-0.25, -0.2) is 4.79 Å². The van der Waals surface area contributed by atoms with E-state index in [-0.39, 0.29) is 0 Å². The van der Waals surface area contributed by atoms with Gasteiger partial charge in [0, 0.05) is 6.54 Å². The maximum Gasteiger partial charge on any atom is 0.315 e. The van der Waals surface area contributed by atoms with E-state index in [1.807, 2.05) is 0 Å². The summed E-state index contributed by atoms with van der Waals surface area (Å²) in [5.74, 6) is 0. The summed E-state index contributed by atoms with van der Waals surface area (Å²) in [5.41, 5.74) is 0. The highest BCUT2D eigenvalue weighted by Gasteiger charge is 2.26. The highest BCUT2D eigenvalue weighted by molar-refractivity contribution is 5.74. The number of aliphatic hydroxyl groups excluding tert-OH is 3. The van der Waals surface area contributed by atoms with Gasteiger partial charge in [0.2, 0.25) is 0 Å². The van der Waals surface area contributed by atoms with E-state index in [0.717, 1.165) is 44.9 Å². The van der Waals surface area contributed by atoms with Crippen molar-refractivity contribution in [3.8, 4) is 0 Å². The average Bonchev–Trinajstić information content (AvgIpc) is 2.77. The van der Waals surface area contributed by atoms with Gasteiger partial charge in [-0.2, -0.15) is 0 Å². The molecule has 0 aromatic carbocycles. The molecule has 6 heteroatoms. The lowest BCUT2D eigenvalue weighted by atomic mass is 9.99. The quantitative estimate of drug-likeness (QED) is 0.151. The van der Waals surface area contributed by atoms with Crippen LogP contribution in [0, 0.1) is 0 Å². The van der Waals surface area contributed by atoms with Crippen LogP contribution in [0.3, 0.4) is 0 Å². The number of rotatable bonds is 22. The number of amides is 2.